The summed E-state index contributed by atoms with van der Waals surface area (Å²) in [6.45, 7) is 0.129. The molecule has 1 saturated heterocycles. The van der Waals surface area contributed by atoms with E-state index in [4.69, 9.17) is 16.7 Å². The summed E-state index contributed by atoms with van der Waals surface area (Å²) in [5.74, 6) is -1.76. The molecule has 0 aromatic heterocycles. The van der Waals surface area contributed by atoms with Crippen LogP contribution in [-0.4, -0.2) is 50.6 Å². The average molecular weight is 329 g/mol. The summed E-state index contributed by atoms with van der Waals surface area (Å²) in [5, 5.41) is 29.4. The molecule has 9 heteroatoms. The Morgan fingerprint density at radius 3 is 2.36 bits per heavy atom. The Morgan fingerprint density at radius 1 is 1.32 bits per heavy atom. The standard InChI is InChI=1S/C13H13ClN2O6/c14-10-7-8(16(21)22)1-2-9(10)11(17)15-5-3-13(20,4-6-15)12(18)19/h1-2,7,20H,3-6H2,(H,18,19). The molecule has 2 N–H and O–H groups in total. The number of amides is 1. The van der Waals surface area contributed by atoms with Crippen LogP contribution < -0.4 is 0 Å². The smallest absolute Gasteiger partial charge is 0.335 e. The first kappa shape index (κ1) is 16.2. The van der Waals surface area contributed by atoms with Crippen LogP contribution in [0.15, 0.2) is 18.2 Å². The minimum absolute atomic E-state index is 0.0433. The quantitative estimate of drug-likeness (QED) is 0.637. The predicted molar refractivity (Wildman–Crippen MR) is 75.8 cm³/mol. The van der Waals surface area contributed by atoms with Crippen molar-refractivity contribution in [2.75, 3.05) is 13.1 Å². The van der Waals surface area contributed by atoms with Gasteiger partial charge in [0.25, 0.3) is 11.6 Å². The third-order valence-electron chi connectivity index (χ3n) is 3.67. The number of nitrogens with zero attached hydrogens (tertiary/aromatic N) is 2. The van der Waals surface area contributed by atoms with Crippen LogP contribution in [-0.2, 0) is 4.79 Å². The summed E-state index contributed by atoms with van der Waals surface area (Å²) in [6, 6.07) is 3.53. The van der Waals surface area contributed by atoms with Gasteiger partial charge >= 0.3 is 5.97 Å². The van der Waals surface area contributed by atoms with Gasteiger partial charge in [-0.2, -0.15) is 0 Å². The number of non-ortho nitro benzene ring substituents is 1. The molecule has 1 aliphatic rings. The number of carboxylic acids is 1. The maximum absolute atomic E-state index is 12.3. The number of rotatable bonds is 3. The molecule has 1 aromatic carbocycles. The van der Waals surface area contributed by atoms with Crippen molar-refractivity contribution in [2.24, 2.45) is 0 Å². The third-order valence-corrected chi connectivity index (χ3v) is 3.98. The van der Waals surface area contributed by atoms with E-state index >= 15 is 0 Å². The van der Waals surface area contributed by atoms with Gasteiger partial charge in [-0.3, -0.25) is 14.9 Å². The van der Waals surface area contributed by atoms with E-state index in [2.05, 4.69) is 0 Å². The maximum Gasteiger partial charge on any atom is 0.335 e. The second-order valence-corrected chi connectivity index (χ2v) is 5.46. The van der Waals surface area contributed by atoms with Gasteiger partial charge in [0.1, 0.15) is 0 Å². The SMILES string of the molecule is O=C(c1ccc([N+](=O)[O-])cc1Cl)N1CCC(O)(C(=O)O)CC1. The van der Waals surface area contributed by atoms with Crippen molar-refractivity contribution in [2.45, 2.75) is 18.4 Å². The molecule has 0 spiro atoms. The fraction of sp³-hybridized carbons (Fsp3) is 0.385. The summed E-state index contributed by atoms with van der Waals surface area (Å²) >= 11 is 5.90. The largest absolute Gasteiger partial charge is 0.479 e. The number of benzene rings is 1. The Kier molecular flexibility index (Phi) is 4.34. The molecule has 1 amide bonds. The molecule has 0 saturated carbocycles. The topological polar surface area (TPSA) is 121 Å². The van der Waals surface area contributed by atoms with Crippen molar-refractivity contribution in [1.82, 2.24) is 4.90 Å². The Bertz CT molecular complexity index is 639. The zero-order chi connectivity index (χ0) is 16.5. The Labute approximate surface area is 130 Å². The number of carbonyl (C=O) groups excluding carboxylic acids is 1. The minimum Gasteiger partial charge on any atom is -0.479 e. The first-order valence-electron chi connectivity index (χ1n) is 6.43. The highest BCUT2D eigenvalue weighted by atomic mass is 35.5. The molecule has 1 heterocycles. The third kappa shape index (κ3) is 3.02. The summed E-state index contributed by atoms with van der Waals surface area (Å²) in [5.41, 5.74) is -1.94. The lowest BCUT2D eigenvalue weighted by Gasteiger charge is -2.35. The molecule has 22 heavy (non-hydrogen) atoms. The number of nitro groups is 1. The Morgan fingerprint density at radius 2 is 1.91 bits per heavy atom. The lowest BCUT2D eigenvalue weighted by atomic mass is 9.91. The van der Waals surface area contributed by atoms with Gasteiger partial charge in [-0.15, -0.1) is 0 Å². The molecule has 2 rings (SSSR count). The number of halogens is 1. The fourth-order valence-electron chi connectivity index (χ4n) is 2.25. The lowest BCUT2D eigenvalue weighted by Crippen LogP contribution is -2.50. The normalized spacial score (nSPS) is 17.1. The molecule has 0 bridgehead atoms. The summed E-state index contributed by atoms with van der Waals surface area (Å²) < 4.78 is 0. The molecular formula is C13H13ClN2O6. The zero-order valence-electron chi connectivity index (χ0n) is 11.4. The summed E-state index contributed by atoms with van der Waals surface area (Å²) in [6.07, 6.45) is -0.169. The number of likely N-dealkylation sites (tertiary alicyclic amines) is 1. The van der Waals surface area contributed by atoms with E-state index < -0.39 is 22.4 Å². The Hall–Kier alpha value is -2.19. The molecule has 0 radical (unpaired) electrons. The number of carbonyl (C=O) groups is 2. The van der Waals surface area contributed by atoms with Gasteiger partial charge in [0.2, 0.25) is 0 Å². The highest BCUT2D eigenvalue weighted by molar-refractivity contribution is 6.34. The molecule has 1 aliphatic heterocycles. The number of aliphatic carboxylic acids is 1. The zero-order valence-corrected chi connectivity index (χ0v) is 12.1. The van der Waals surface area contributed by atoms with Crippen LogP contribution in [0.4, 0.5) is 5.69 Å². The second kappa shape index (κ2) is 5.90. The molecule has 0 aliphatic carbocycles. The molecule has 0 atom stereocenters. The van der Waals surface area contributed by atoms with Crippen LogP contribution in [0.1, 0.15) is 23.2 Å². The van der Waals surface area contributed by atoms with E-state index in [9.17, 15) is 24.8 Å². The van der Waals surface area contributed by atoms with Gasteiger partial charge in [0.15, 0.2) is 5.60 Å². The van der Waals surface area contributed by atoms with E-state index in [0.29, 0.717) is 0 Å². The summed E-state index contributed by atoms with van der Waals surface area (Å²) in [4.78, 5) is 34.7. The average Bonchev–Trinajstić information content (AvgIpc) is 2.47. The second-order valence-electron chi connectivity index (χ2n) is 5.05. The molecule has 118 valence electrons. The highest BCUT2D eigenvalue weighted by Crippen LogP contribution is 2.27. The highest BCUT2D eigenvalue weighted by Gasteiger charge is 2.40. The summed E-state index contributed by atoms with van der Waals surface area (Å²) in [7, 11) is 0. The van der Waals surface area contributed by atoms with Gasteiger partial charge in [-0.05, 0) is 6.07 Å². The monoisotopic (exact) mass is 328 g/mol. The van der Waals surface area contributed by atoms with E-state index in [0.717, 1.165) is 6.07 Å². The maximum atomic E-state index is 12.3. The molecule has 0 unspecified atom stereocenters. The van der Waals surface area contributed by atoms with E-state index in [1.807, 2.05) is 0 Å². The van der Waals surface area contributed by atoms with Crippen LogP contribution in [0.25, 0.3) is 0 Å². The number of nitro benzene ring substituents is 1. The van der Waals surface area contributed by atoms with Crippen molar-refractivity contribution in [1.29, 1.82) is 0 Å². The van der Waals surface area contributed by atoms with Gasteiger partial charge < -0.3 is 15.1 Å². The lowest BCUT2D eigenvalue weighted by molar-refractivity contribution is -0.384. The van der Waals surface area contributed by atoms with E-state index in [1.54, 1.807) is 0 Å². The van der Waals surface area contributed by atoms with Crippen LogP contribution in [0, 0.1) is 10.1 Å². The van der Waals surface area contributed by atoms with Crippen molar-refractivity contribution >= 4 is 29.2 Å². The number of aliphatic hydroxyl groups is 1. The Balaban J connectivity index is 2.14. The molecule has 8 nitrogen and oxygen atoms in total. The number of piperidine rings is 1. The van der Waals surface area contributed by atoms with Gasteiger partial charge in [-0.1, -0.05) is 11.6 Å². The van der Waals surface area contributed by atoms with Crippen molar-refractivity contribution in [3.05, 3.63) is 38.9 Å². The van der Waals surface area contributed by atoms with Crippen molar-refractivity contribution < 1.29 is 24.7 Å². The molecular weight excluding hydrogens is 316 g/mol. The number of hydrogen-bond donors (Lipinski definition) is 2. The van der Waals surface area contributed by atoms with Crippen molar-refractivity contribution in [3.63, 3.8) is 0 Å². The predicted octanol–water partition coefficient (Wildman–Crippen LogP) is 1.30. The van der Waals surface area contributed by atoms with E-state index in [-0.39, 0.29) is 42.2 Å². The first-order valence-corrected chi connectivity index (χ1v) is 6.81. The van der Waals surface area contributed by atoms with Gasteiger partial charge in [-0.25, -0.2) is 4.79 Å². The molecule has 1 fully saturated rings. The molecule has 1 aromatic rings. The van der Waals surface area contributed by atoms with Crippen LogP contribution >= 0.6 is 11.6 Å². The van der Waals surface area contributed by atoms with Crippen LogP contribution in [0.3, 0.4) is 0 Å². The number of carboxylic acid groups (broad SMARTS) is 1. The van der Waals surface area contributed by atoms with Crippen LogP contribution in [0.2, 0.25) is 5.02 Å². The van der Waals surface area contributed by atoms with Crippen LogP contribution in [0.5, 0.6) is 0 Å². The van der Waals surface area contributed by atoms with Gasteiger partial charge in [0.05, 0.1) is 15.5 Å². The first-order chi connectivity index (χ1) is 10.2. The number of hydrogen-bond acceptors (Lipinski definition) is 5. The van der Waals surface area contributed by atoms with Crippen molar-refractivity contribution in [3.8, 4) is 0 Å². The van der Waals surface area contributed by atoms with Gasteiger partial charge in [0, 0.05) is 38.1 Å². The fourth-order valence-corrected chi connectivity index (χ4v) is 2.51. The minimum atomic E-state index is -1.82. The van der Waals surface area contributed by atoms with E-state index in [1.165, 1.54) is 17.0 Å².